The van der Waals surface area contributed by atoms with Crippen LogP contribution in [0.4, 0.5) is 27.5 Å². The highest BCUT2D eigenvalue weighted by Gasteiger charge is 2.15. The van der Waals surface area contributed by atoms with Crippen molar-refractivity contribution in [3.63, 3.8) is 0 Å². The van der Waals surface area contributed by atoms with Crippen molar-refractivity contribution in [2.24, 2.45) is 0 Å². The summed E-state index contributed by atoms with van der Waals surface area (Å²) in [6, 6.07) is 9.84. The molecular formula is C17H17N5O4. The smallest absolute Gasteiger partial charge is 0.319 e. The lowest BCUT2D eigenvalue weighted by atomic mass is 10.1. The van der Waals surface area contributed by atoms with Gasteiger partial charge >= 0.3 is 6.03 Å². The molecule has 0 aromatic heterocycles. The van der Waals surface area contributed by atoms with Crippen LogP contribution in [0.15, 0.2) is 55.1 Å². The molecule has 9 heteroatoms. The van der Waals surface area contributed by atoms with Gasteiger partial charge in [0.1, 0.15) is 5.69 Å². The molecule has 0 fully saturated rings. The largest absolute Gasteiger partial charge is 0.393 e. The van der Waals surface area contributed by atoms with Crippen LogP contribution in [0, 0.1) is 10.1 Å². The van der Waals surface area contributed by atoms with Crippen molar-refractivity contribution >= 4 is 34.7 Å². The SMILES string of the molecule is C=CCNC(=O)Nc1ccc(NC(=O)c2ccc(N)c([N+](=O)[O-])c2)cc1. The van der Waals surface area contributed by atoms with E-state index in [1.807, 2.05) is 0 Å². The second-order valence-electron chi connectivity index (χ2n) is 5.19. The molecule has 0 aliphatic heterocycles. The first-order chi connectivity index (χ1) is 12.4. The lowest BCUT2D eigenvalue weighted by Crippen LogP contribution is -2.28. The Morgan fingerprint density at radius 1 is 1.12 bits per heavy atom. The lowest BCUT2D eigenvalue weighted by Gasteiger charge is -2.09. The fourth-order valence-corrected chi connectivity index (χ4v) is 2.02. The van der Waals surface area contributed by atoms with Gasteiger partial charge in [-0.15, -0.1) is 6.58 Å². The highest BCUT2D eigenvalue weighted by atomic mass is 16.6. The van der Waals surface area contributed by atoms with Gasteiger partial charge in [-0.25, -0.2) is 4.79 Å². The third kappa shape index (κ3) is 4.81. The molecule has 26 heavy (non-hydrogen) atoms. The second kappa shape index (κ2) is 8.29. The van der Waals surface area contributed by atoms with Gasteiger partial charge in [0.05, 0.1) is 4.92 Å². The highest BCUT2D eigenvalue weighted by Crippen LogP contribution is 2.23. The molecule has 5 N–H and O–H groups in total. The molecule has 2 rings (SSSR count). The second-order valence-corrected chi connectivity index (χ2v) is 5.19. The van der Waals surface area contributed by atoms with E-state index in [9.17, 15) is 19.7 Å². The van der Waals surface area contributed by atoms with Crippen molar-refractivity contribution in [3.05, 3.63) is 70.8 Å². The fourth-order valence-electron chi connectivity index (χ4n) is 2.02. The molecule has 0 atom stereocenters. The number of amides is 3. The zero-order valence-electron chi connectivity index (χ0n) is 13.7. The number of nitrogens with two attached hydrogens (primary N) is 1. The van der Waals surface area contributed by atoms with E-state index in [4.69, 9.17) is 5.73 Å². The molecule has 2 aromatic rings. The topological polar surface area (TPSA) is 139 Å². The van der Waals surface area contributed by atoms with Crippen molar-refractivity contribution in [2.75, 3.05) is 22.9 Å². The number of hydrogen-bond donors (Lipinski definition) is 4. The van der Waals surface area contributed by atoms with Gasteiger partial charge < -0.3 is 21.7 Å². The maximum Gasteiger partial charge on any atom is 0.319 e. The first kappa shape index (κ1) is 18.5. The third-order valence-electron chi connectivity index (χ3n) is 3.30. The number of carbonyl (C=O) groups is 2. The number of nitro groups is 1. The zero-order chi connectivity index (χ0) is 19.1. The Morgan fingerprint density at radius 2 is 1.73 bits per heavy atom. The van der Waals surface area contributed by atoms with Crippen LogP contribution in [-0.2, 0) is 0 Å². The Balaban J connectivity index is 2.03. The van der Waals surface area contributed by atoms with Crippen LogP contribution >= 0.6 is 0 Å². The van der Waals surface area contributed by atoms with E-state index < -0.39 is 10.8 Å². The summed E-state index contributed by atoms with van der Waals surface area (Å²) >= 11 is 0. The Morgan fingerprint density at radius 3 is 2.31 bits per heavy atom. The minimum absolute atomic E-state index is 0.0169. The van der Waals surface area contributed by atoms with Crippen LogP contribution < -0.4 is 21.7 Å². The summed E-state index contributed by atoms with van der Waals surface area (Å²) in [5.41, 5.74) is 6.27. The quantitative estimate of drug-likeness (QED) is 0.273. The van der Waals surface area contributed by atoms with Crippen LogP contribution in [0.1, 0.15) is 10.4 Å². The van der Waals surface area contributed by atoms with Gasteiger partial charge in [-0.1, -0.05) is 6.08 Å². The number of benzene rings is 2. The molecule has 0 radical (unpaired) electrons. The van der Waals surface area contributed by atoms with Crippen LogP contribution in [0.3, 0.4) is 0 Å². The molecule has 2 aromatic carbocycles. The number of nitrogens with one attached hydrogen (secondary N) is 3. The van der Waals surface area contributed by atoms with Gasteiger partial charge in [0.15, 0.2) is 0 Å². The maximum atomic E-state index is 12.2. The van der Waals surface area contributed by atoms with Gasteiger partial charge in [0.25, 0.3) is 11.6 Å². The summed E-state index contributed by atoms with van der Waals surface area (Å²) in [4.78, 5) is 34.0. The molecule has 0 saturated carbocycles. The third-order valence-corrected chi connectivity index (χ3v) is 3.30. The molecule has 0 spiro atoms. The van der Waals surface area contributed by atoms with Crippen LogP contribution in [-0.4, -0.2) is 23.4 Å². The molecule has 134 valence electrons. The molecule has 0 aliphatic rings. The predicted molar refractivity (Wildman–Crippen MR) is 99.1 cm³/mol. The highest BCUT2D eigenvalue weighted by molar-refractivity contribution is 6.05. The van der Waals surface area contributed by atoms with Crippen molar-refractivity contribution in [1.29, 1.82) is 0 Å². The monoisotopic (exact) mass is 355 g/mol. The Kier molecular flexibility index (Phi) is 5.88. The van der Waals surface area contributed by atoms with E-state index in [1.165, 1.54) is 12.1 Å². The van der Waals surface area contributed by atoms with Crippen molar-refractivity contribution in [1.82, 2.24) is 5.32 Å². The Labute approximate surface area is 149 Å². The standard InChI is InChI=1S/C17H17N5O4/c1-2-9-19-17(24)21-13-6-4-12(5-7-13)20-16(23)11-3-8-14(18)15(10-11)22(25)26/h2-8,10H,1,9,18H2,(H,20,23)(H2,19,21,24). The molecular weight excluding hydrogens is 338 g/mol. The number of urea groups is 1. The minimum atomic E-state index is -0.649. The van der Waals surface area contributed by atoms with Gasteiger partial charge in [-0.2, -0.15) is 0 Å². The fraction of sp³-hybridized carbons (Fsp3) is 0.0588. The number of anilines is 3. The molecule has 3 amide bonds. The predicted octanol–water partition coefficient (Wildman–Crippen LogP) is 2.74. The normalized spacial score (nSPS) is 9.85. The van der Waals surface area contributed by atoms with Gasteiger partial charge in [0, 0.05) is 29.5 Å². The minimum Gasteiger partial charge on any atom is -0.393 e. The first-order valence-electron chi connectivity index (χ1n) is 7.52. The molecule has 0 bridgehead atoms. The zero-order valence-corrected chi connectivity index (χ0v) is 13.7. The van der Waals surface area contributed by atoms with Crippen molar-refractivity contribution in [3.8, 4) is 0 Å². The molecule has 0 aliphatic carbocycles. The van der Waals surface area contributed by atoms with Crippen molar-refractivity contribution in [2.45, 2.75) is 0 Å². The number of carbonyl (C=O) groups excluding carboxylic acids is 2. The summed E-state index contributed by atoms with van der Waals surface area (Å²) in [7, 11) is 0. The average molecular weight is 355 g/mol. The molecule has 0 unspecified atom stereocenters. The van der Waals surface area contributed by atoms with Gasteiger partial charge in [-0.05, 0) is 36.4 Å². The lowest BCUT2D eigenvalue weighted by molar-refractivity contribution is -0.383. The number of nitrogen functional groups attached to an aromatic ring is 1. The number of rotatable bonds is 6. The first-order valence-corrected chi connectivity index (χ1v) is 7.52. The van der Waals surface area contributed by atoms with Crippen LogP contribution in [0.25, 0.3) is 0 Å². The van der Waals surface area contributed by atoms with Gasteiger partial charge in [0.2, 0.25) is 0 Å². The van der Waals surface area contributed by atoms with Gasteiger partial charge in [-0.3, -0.25) is 14.9 Å². The molecule has 0 heterocycles. The Hall–Kier alpha value is -3.88. The number of hydrogen-bond acceptors (Lipinski definition) is 5. The summed E-state index contributed by atoms with van der Waals surface area (Å²) in [5.74, 6) is -0.516. The van der Waals surface area contributed by atoms with E-state index >= 15 is 0 Å². The van der Waals surface area contributed by atoms with Crippen LogP contribution in [0.2, 0.25) is 0 Å². The van der Waals surface area contributed by atoms with E-state index in [2.05, 4.69) is 22.5 Å². The molecule has 9 nitrogen and oxygen atoms in total. The summed E-state index contributed by atoms with van der Waals surface area (Å²) < 4.78 is 0. The molecule has 0 saturated heterocycles. The average Bonchev–Trinajstić information content (AvgIpc) is 2.61. The van der Waals surface area contributed by atoms with Crippen molar-refractivity contribution < 1.29 is 14.5 Å². The van der Waals surface area contributed by atoms with E-state index in [0.29, 0.717) is 17.9 Å². The summed E-state index contributed by atoms with van der Waals surface area (Å²) in [6.45, 7) is 3.84. The van der Waals surface area contributed by atoms with E-state index in [0.717, 1.165) is 6.07 Å². The van der Waals surface area contributed by atoms with E-state index in [-0.39, 0.29) is 23.0 Å². The van der Waals surface area contributed by atoms with Crippen LogP contribution in [0.5, 0.6) is 0 Å². The number of nitro benzene ring substituents is 1. The Bertz CT molecular complexity index is 849. The maximum absolute atomic E-state index is 12.2. The number of nitrogens with zero attached hydrogens (tertiary/aromatic N) is 1. The summed E-state index contributed by atoms with van der Waals surface area (Å²) in [5, 5.41) is 18.7. The van der Waals surface area contributed by atoms with E-state index in [1.54, 1.807) is 30.3 Å². The summed E-state index contributed by atoms with van der Waals surface area (Å²) in [6.07, 6.45) is 1.56.